The number of nitrogen functional groups attached to an aromatic ring is 1. The maximum absolute atomic E-state index is 12.3. The number of hydrogen-bond acceptors (Lipinski definition) is 2. The fourth-order valence-electron chi connectivity index (χ4n) is 1.81. The molecule has 0 radical (unpaired) electrons. The average Bonchev–Trinajstić information content (AvgIpc) is 3.09. The number of nitrogens with zero attached hydrogens (tertiary/aromatic N) is 1. The van der Waals surface area contributed by atoms with Crippen LogP contribution >= 0.6 is 15.9 Å². The molecule has 1 saturated carbocycles. The minimum Gasteiger partial charge on any atom is -0.398 e. The largest absolute Gasteiger partial charge is 0.398 e. The molecule has 0 spiro atoms. The van der Waals surface area contributed by atoms with Gasteiger partial charge in [0.1, 0.15) is 0 Å². The quantitative estimate of drug-likeness (QED) is 0.686. The van der Waals surface area contributed by atoms with Crippen LogP contribution in [-0.2, 0) is 0 Å². The monoisotopic (exact) mass is 294 g/mol. The predicted molar refractivity (Wildman–Crippen MR) is 72.8 cm³/mol. The Morgan fingerprint density at radius 1 is 1.59 bits per heavy atom. The van der Waals surface area contributed by atoms with Crippen LogP contribution in [0.1, 0.15) is 23.2 Å². The second-order valence-electron chi connectivity index (χ2n) is 4.21. The molecule has 17 heavy (non-hydrogen) atoms. The van der Waals surface area contributed by atoms with E-state index in [1.54, 1.807) is 18.2 Å². The van der Waals surface area contributed by atoms with E-state index in [4.69, 9.17) is 5.73 Å². The fourth-order valence-corrected chi connectivity index (χ4v) is 2.18. The first-order valence-corrected chi connectivity index (χ1v) is 6.39. The van der Waals surface area contributed by atoms with Gasteiger partial charge in [0.15, 0.2) is 0 Å². The molecule has 1 aliphatic carbocycles. The number of halogens is 1. The molecule has 1 fully saturated rings. The van der Waals surface area contributed by atoms with Crippen LogP contribution < -0.4 is 5.73 Å². The third kappa shape index (κ3) is 2.69. The Morgan fingerprint density at radius 3 is 2.82 bits per heavy atom. The zero-order chi connectivity index (χ0) is 12.4. The molecule has 0 atom stereocenters. The van der Waals surface area contributed by atoms with Crippen molar-refractivity contribution in [2.45, 2.75) is 18.9 Å². The maximum Gasteiger partial charge on any atom is 0.256 e. The molecular weight excluding hydrogens is 280 g/mol. The van der Waals surface area contributed by atoms with Crippen molar-refractivity contribution in [2.24, 2.45) is 0 Å². The summed E-state index contributed by atoms with van der Waals surface area (Å²) in [6.07, 6.45) is 3.91. The Kier molecular flexibility index (Phi) is 3.52. The number of nitrogens with two attached hydrogens (primary N) is 1. The van der Waals surface area contributed by atoms with Crippen LogP contribution in [0.25, 0.3) is 0 Å². The second-order valence-corrected chi connectivity index (χ2v) is 5.12. The molecule has 0 unspecified atom stereocenters. The summed E-state index contributed by atoms with van der Waals surface area (Å²) < 4.78 is 0.883. The van der Waals surface area contributed by atoms with Gasteiger partial charge in [0.25, 0.3) is 5.91 Å². The topological polar surface area (TPSA) is 46.3 Å². The minimum absolute atomic E-state index is 0.00241. The molecule has 0 aliphatic heterocycles. The first kappa shape index (κ1) is 12.2. The molecule has 0 heterocycles. The van der Waals surface area contributed by atoms with Gasteiger partial charge in [0.2, 0.25) is 0 Å². The summed E-state index contributed by atoms with van der Waals surface area (Å²) in [5, 5.41) is 0. The van der Waals surface area contributed by atoms with E-state index in [1.807, 2.05) is 11.0 Å². The van der Waals surface area contributed by atoms with Crippen molar-refractivity contribution < 1.29 is 4.79 Å². The van der Waals surface area contributed by atoms with Gasteiger partial charge in [-0.05, 0) is 31.0 Å². The number of carbonyl (C=O) groups excluding carboxylic acids is 1. The molecule has 90 valence electrons. The van der Waals surface area contributed by atoms with Crippen molar-refractivity contribution in [3.05, 3.63) is 40.9 Å². The van der Waals surface area contributed by atoms with Gasteiger partial charge in [-0.25, -0.2) is 0 Å². The van der Waals surface area contributed by atoms with Crippen LogP contribution in [0.2, 0.25) is 0 Å². The highest BCUT2D eigenvalue weighted by atomic mass is 79.9. The molecular formula is C13H15BrN2O. The lowest BCUT2D eigenvalue weighted by atomic mass is 10.1. The zero-order valence-corrected chi connectivity index (χ0v) is 11.1. The molecule has 1 aromatic carbocycles. The molecule has 1 amide bonds. The van der Waals surface area contributed by atoms with Crippen molar-refractivity contribution in [1.29, 1.82) is 0 Å². The van der Waals surface area contributed by atoms with E-state index >= 15 is 0 Å². The average molecular weight is 295 g/mol. The van der Waals surface area contributed by atoms with Gasteiger partial charge in [-0.15, -0.1) is 6.58 Å². The van der Waals surface area contributed by atoms with E-state index in [0.29, 0.717) is 23.8 Å². The molecule has 2 N–H and O–H groups in total. The van der Waals surface area contributed by atoms with Crippen LogP contribution in [-0.4, -0.2) is 23.4 Å². The SMILES string of the molecule is C=CCN(C(=O)c1ccc(Br)cc1N)C1CC1. The number of hydrogen-bond donors (Lipinski definition) is 1. The summed E-state index contributed by atoms with van der Waals surface area (Å²) in [5.41, 5.74) is 6.96. The summed E-state index contributed by atoms with van der Waals surface area (Å²) in [5.74, 6) is -0.00241. The lowest BCUT2D eigenvalue weighted by Crippen LogP contribution is -2.33. The van der Waals surface area contributed by atoms with Crippen molar-refractivity contribution in [3.8, 4) is 0 Å². The van der Waals surface area contributed by atoms with Gasteiger partial charge >= 0.3 is 0 Å². The van der Waals surface area contributed by atoms with Crippen LogP contribution in [0.5, 0.6) is 0 Å². The van der Waals surface area contributed by atoms with Crippen molar-refractivity contribution >= 4 is 27.5 Å². The fraction of sp³-hybridized carbons (Fsp3) is 0.308. The van der Waals surface area contributed by atoms with E-state index in [1.165, 1.54) is 0 Å². The van der Waals surface area contributed by atoms with E-state index in [-0.39, 0.29) is 5.91 Å². The van der Waals surface area contributed by atoms with E-state index in [2.05, 4.69) is 22.5 Å². The third-order valence-corrected chi connectivity index (χ3v) is 3.31. The van der Waals surface area contributed by atoms with Gasteiger partial charge in [0, 0.05) is 22.7 Å². The number of carbonyl (C=O) groups is 1. The van der Waals surface area contributed by atoms with Crippen LogP contribution in [0.15, 0.2) is 35.3 Å². The Balaban J connectivity index is 2.24. The number of amides is 1. The summed E-state index contributed by atoms with van der Waals surface area (Å²) in [6, 6.07) is 5.72. The van der Waals surface area contributed by atoms with Crippen molar-refractivity contribution in [3.63, 3.8) is 0 Å². The first-order valence-electron chi connectivity index (χ1n) is 5.60. The van der Waals surface area contributed by atoms with Gasteiger partial charge in [-0.1, -0.05) is 22.0 Å². The number of benzene rings is 1. The standard InChI is InChI=1S/C13H15BrN2O/c1-2-7-16(10-4-5-10)13(17)11-6-3-9(14)8-12(11)15/h2-3,6,8,10H,1,4-5,7,15H2. The van der Waals surface area contributed by atoms with Crippen LogP contribution in [0.3, 0.4) is 0 Å². The lowest BCUT2D eigenvalue weighted by molar-refractivity contribution is 0.0763. The molecule has 0 aromatic heterocycles. The van der Waals surface area contributed by atoms with Crippen LogP contribution in [0, 0.1) is 0 Å². The number of rotatable bonds is 4. The van der Waals surface area contributed by atoms with Gasteiger partial charge < -0.3 is 10.6 Å². The molecule has 0 saturated heterocycles. The summed E-state index contributed by atoms with van der Waals surface area (Å²) >= 11 is 3.33. The Hall–Kier alpha value is -1.29. The summed E-state index contributed by atoms with van der Waals surface area (Å²) in [6.45, 7) is 4.27. The highest BCUT2D eigenvalue weighted by Crippen LogP contribution is 2.29. The molecule has 1 aromatic rings. The summed E-state index contributed by atoms with van der Waals surface area (Å²) in [7, 11) is 0. The van der Waals surface area contributed by atoms with E-state index in [0.717, 1.165) is 17.3 Å². The zero-order valence-electron chi connectivity index (χ0n) is 9.53. The molecule has 1 aliphatic rings. The molecule has 0 bridgehead atoms. The van der Waals surface area contributed by atoms with E-state index in [9.17, 15) is 4.79 Å². The van der Waals surface area contributed by atoms with Crippen LogP contribution in [0.4, 0.5) is 5.69 Å². The predicted octanol–water partition coefficient (Wildman–Crippen LogP) is 2.82. The highest BCUT2D eigenvalue weighted by Gasteiger charge is 2.32. The first-order chi connectivity index (χ1) is 8.13. The second kappa shape index (κ2) is 4.92. The van der Waals surface area contributed by atoms with Crippen molar-refractivity contribution in [1.82, 2.24) is 4.90 Å². The lowest BCUT2D eigenvalue weighted by Gasteiger charge is -2.21. The Morgan fingerprint density at radius 2 is 2.29 bits per heavy atom. The maximum atomic E-state index is 12.3. The number of anilines is 1. The van der Waals surface area contributed by atoms with E-state index < -0.39 is 0 Å². The highest BCUT2D eigenvalue weighted by molar-refractivity contribution is 9.10. The third-order valence-electron chi connectivity index (χ3n) is 2.82. The molecule has 4 heteroatoms. The normalized spacial score (nSPS) is 14.4. The summed E-state index contributed by atoms with van der Waals surface area (Å²) in [4.78, 5) is 14.2. The smallest absolute Gasteiger partial charge is 0.256 e. The molecule has 2 rings (SSSR count). The Bertz CT molecular complexity index is 455. The van der Waals surface area contributed by atoms with Gasteiger partial charge in [-0.2, -0.15) is 0 Å². The van der Waals surface area contributed by atoms with Gasteiger partial charge in [-0.3, -0.25) is 4.79 Å². The van der Waals surface area contributed by atoms with Gasteiger partial charge in [0.05, 0.1) is 5.56 Å². The van der Waals surface area contributed by atoms with Crippen molar-refractivity contribution in [2.75, 3.05) is 12.3 Å². The molecule has 3 nitrogen and oxygen atoms in total. The Labute approximate surface area is 109 Å². The minimum atomic E-state index is -0.00241.